The summed E-state index contributed by atoms with van der Waals surface area (Å²) in [4.78, 5) is 36.1. The molecule has 1 aromatic heterocycles. The highest BCUT2D eigenvalue weighted by Crippen LogP contribution is 2.35. The van der Waals surface area contributed by atoms with E-state index < -0.39 is 5.60 Å². The van der Waals surface area contributed by atoms with Crippen molar-refractivity contribution >= 4 is 17.7 Å². The van der Waals surface area contributed by atoms with Crippen molar-refractivity contribution in [3.8, 4) is 11.3 Å². The number of rotatable bonds is 6. The monoisotopic (exact) mass is 482 g/mol. The van der Waals surface area contributed by atoms with Crippen LogP contribution in [-0.2, 0) is 9.47 Å². The minimum absolute atomic E-state index is 0.0979. The lowest BCUT2D eigenvalue weighted by atomic mass is 9.89. The number of aromatic nitrogens is 2. The summed E-state index contributed by atoms with van der Waals surface area (Å²) >= 11 is 0. The molecular formula is C27H38N4O4. The molecule has 0 saturated heterocycles. The van der Waals surface area contributed by atoms with Gasteiger partial charge in [0.05, 0.1) is 30.3 Å². The predicted molar refractivity (Wildman–Crippen MR) is 137 cm³/mol. The lowest BCUT2D eigenvalue weighted by Gasteiger charge is -2.39. The third-order valence-electron chi connectivity index (χ3n) is 6.37. The van der Waals surface area contributed by atoms with Crippen LogP contribution in [0.15, 0.2) is 24.5 Å². The molecule has 1 aromatic carbocycles. The lowest BCUT2D eigenvalue weighted by molar-refractivity contribution is 0.0490. The van der Waals surface area contributed by atoms with Gasteiger partial charge in [-0.2, -0.15) is 0 Å². The molecule has 1 aliphatic carbocycles. The van der Waals surface area contributed by atoms with Crippen molar-refractivity contribution in [1.29, 1.82) is 0 Å². The van der Waals surface area contributed by atoms with Crippen molar-refractivity contribution in [2.75, 3.05) is 18.6 Å². The smallest absolute Gasteiger partial charge is 0.407 e. The molecule has 1 fully saturated rings. The van der Waals surface area contributed by atoms with E-state index in [-0.39, 0.29) is 18.1 Å². The maximum absolute atomic E-state index is 12.6. The molecule has 0 spiro atoms. The van der Waals surface area contributed by atoms with Crippen molar-refractivity contribution in [3.63, 3.8) is 0 Å². The fourth-order valence-electron chi connectivity index (χ4n) is 4.64. The molecule has 1 heterocycles. The maximum Gasteiger partial charge on any atom is 0.407 e. The highest BCUT2D eigenvalue weighted by atomic mass is 16.6. The van der Waals surface area contributed by atoms with E-state index in [1.54, 1.807) is 12.4 Å². The Labute approximate surface area is 208 Å². The third-order valence-corrected chi connectivity index (χ3v) is 6.37. The molecule has 2 aromatic rings. The second-order valence-electron chi connectivity index (χ2n) is 10.1. The second kappa shape index (κ2) is 11.1. The predicted octanol–water partition coefficient (Wildman–Crippen LogP) is 5.21. The van der Waals surface area contributed by atoms with Crippen LogP contribution >= 0.6 is 0 Å². The number of hydrogen-bond acceptors (Lipinski definition) is 7. The van der Waals surface area contributed by atoms with Gasteiger partial charge in [-0.05, 0) is 84.9 Å². The second-order valence-corrected chi connectivity index (χ2v) is 10.1. The first-order chi connectivity index (χ1) is 16.5. The first-order valence-corrected chi connectivity index (χ1v) is 12.3. The Hall–Kier alpha value is -3.16. The molecule has 0 bridgehead atoms. The fourth-order valence-corrected chi connectivity index (χ4v) is 4.64. The number of nitrogens with one attached hydrogen (secondary N) is 1. The molecule has 0 atom stereocenters. The van der Waals surface area contributed by atoms with Gasteiger partial charge < -0.3 is 19.7 Å². The van der Waals surface area contributed by atoms with Gasteiger partial charge >= 0.3 is 12.1 Å². The summed E-state index contributed by atoms with van der Waals surface area (Å²) in [5.74, 6) is -0.369. The van der Waals surface area contributed by atoms with Crippen LogP contribution < -0.4 is 10.2 Å². The minimum atomic E-state index is -0.512. The molecule has 190 valence electrons. The number of aryl methyl sites for hydroxylation is 1. The molecule has 0 aliphatic heterocycles. The van der Waals surface area contributed by atoms with Gasteiger partial charge in [-0.3, -0.25) is 9.97 Å². The molecule has 1 amide bonds. The molecule has 1 saturated carbocycles. The number of alkyl carbamates (subject to hydrolysis) is 1. The molecule has 0 unspecified atom stereocenters. The Morgan fingerprint density at radius 1 is 1.09 bits per heavy atom. The molecule has 1 N–H and O–H groups in total. The molecule has 3 rings (SSSR count). The zero-order valence-corrected chi connectivity index (χ0v) is 22.0. The molecule has 1 aliphatic rings. The van der Waals surface area contributed by atoms with Crippen molar-refractivity contribution in [1.82, 2.24) is 15.3 Å². The van der Waals surface area contributed by atoms with E-state index in [1.165, 1.54) is 7.11 Å². The number of amides is 1. The van der Waals surface area contributed by atoms with Crippen molar-refractivity contribution in [3.05, 3.63) is 41.3 Å². The van der Waals surface area contributed by atoms with Crippen LogP contribution in [0, 0.1) is 13.8 Å². The number of ether oxygens (including phenoxy) is 2. The van der Waals surface area contributed by atoms with Crippen LogP contribution in [0.2, 0.25) is 0 Å². The highest BCUT2D eigenvalue weighted by Gasteiger charge is 2.29. The summed E-state index contributed by atoms with van der Waals surface area (Å²) in [6, 6.07) is 4.32. The summed E-state index contributed by atoms with van der Waals surface area (Å²) in [6.45, 7) is 12.4. The van der Waals surface area contributed by atoms with E-state index in [0.717, 1.165) is 54.7 Å². The van der Waals surface area contributed by atoms with Gasteiger partial charge in [0.1, 0.15) is 5.60 Å². The van der Waals surface area contributed by atoms with E-state index in [1.807, 2.05) is 40.7 Å². The Morgan fingerprint density at radius 3 is 2.31 bits per heavy atom. The summed E-state index contributed by atoms with van der Waals surface area (Å²) in [7, 11) is 1.40. The van der Waals surface area contributed by atoms with E-state index >= 15 is 0 Å². The van der Waals surface area contributed by atoms with Crippen LogP contribution in [0.25, 0.3) is 11.3 Å². The van der Waals surface area contributed by atoms with Crippen LogP contribution in [0.5, 0.6) is 0 Å². The number of anilines is 1. The molecule has 8 nitrogen and oxygen atoms in total. The quantitative estimate of drug-likeness (QED) is 0.565. The first-order valence-electron chi connectivity index (χ1n) is 12.3. The van der Waals surface area contributed by atoms with Gasteiger partial charge in [-0.15, -0.1) is 0 Å². The fraction of sp³-hybridized carbons (Fsp3) is 0.556. The van der Waals surface area contributed by atoms with Crippen LogP contribution in [0.1, 0.15) is 75.0 Å². The van der Waals surface area contributed by atoms with E-state index in [9.17, 15) is 9.59 Å². The van der Waals surface area contributed by atoms with Crippen molar-refractivity contribution < 1.29 is 19.1 Å². The highest BCUT2D eigenvalue weighted by molar-refractivity contribution is 5.95. The van der Waals surface area contributed by atoms with Gasteiger partial charge in [0.25, 0.3) is 0 Å². The number of methoxy groups -OCH3 is 1. The van der Waals surface area contributed by atoms with Crippen LogP contribution in [0.4, 0.5) is 10.5 Å². The number of nitrogens with zero attached hydrogens (tertiary/aromatic N) is 3. The summed E-state index contributed by atoms with van der Waals surface area (Å²) < 4.78 is 10.5. The SMILES string of the molecule is CCN(c1cc(-c2cnc(C)cn2)cc(C(=O)OC)c1C)[C@H]1CC[C@H](NC(=O)OC(C)(C)C)CC1. The normalized spacial score (nSPS) is 18.0. The number of carbonyl (C=O) groups excluding carboxylic acids is 2. The minimum Gasteiger partial charge on any atom is -0.465 e. The standard InChI is InChI=1S/C27H38N4O4/c1-8-31(21-11-9-20(10-12-21)30-26(33)35-27(4,5)6)24-14-19(23-16-28-17(2)15-29-23)13-22(18(24)3)25(32)34-7/h13-16,20-21H,8-12H2,1-7H3,(H,30,33)/t20-,21-. The average Bonchev–Trinajstić information content (AvgIpc) is 2.80. The summed E-state index contributed by atoms with van der Waals surface area (Å²) in [6.07, 6.45) is 6.68. The van der Waals surface area contributed by atoms with Crippen molar-refractivity contribution in [2.24, 2.45) is 0 Å². The van der Waals surface area contributed by atoms with E-state index in [2.05, 4.69) is 33.2 Å². The van der Waals surface area contributed by atoms with Gasteiger partial charge in [-0.1, -0.05) is 0 Å². The van der Waals surface area contributed by atoms with E-state index in [4.69, 9.17) is 9.47 Å². The van der Waals surface area contributed by atoms with Gasteiger partial charge in [0, 0.05) is 36.1 Å². The molecule has 0 radical (unpaired) electrons. The Bertz CT molecular complexity index is 1040. The molecule has 35 heavy (non-hydrogen) atoms. The number of esters is 1. The Balaban J connectivity index is 1.84. The first kappa shape index (κ1) is 26.4. The lowest BCUT2D eigenvalue weighted by Crippen LogP contribution is -2.45. The third kappa shape index (κ3) is 6.71. The van der Waals surface area contributed by atoms with Crippen molar-refractivity contribution in [2.45, 2.75) is 84.9 Å². The van der Waals surface area contributed by atoms with Gasteiger partial charge in [0.2, 0.25) is 0 Å². The topological polar surface area (TPSA) is 93.7 Å². The summed E-state index contributed by atoms with van der Waals surface area (Å²) in [5.41, 5.74) is 4.28. The number of hydrogen-bond donors (Lipinski definition) is 1. The van der Waals surface area contributed by atoms with Gasteiger partial charge in [-0.25, -0.2) is 9.59 Å². The van der Waals surface area contributed by atoms with E-state index in [0.29, 0.717) is 17.3 Å². The average molecular weight is 483 g/mol. The van der Waals surface area contributed by atoms with Crippen LogP contribution in [-0.4, -0.2) is 53.4 Å². The Kier molecular flexibility index (Phi) is 8.35. The zero-order chi connectivity index (χ0) is 25.8. The number of carbonyl (C=O) groups is 2. The molecular weight excluding hydrogens is 444 g/mol. The summed E-state index contributed by atoms with van der Waals surface area (Å²) in [5, 5.41) is 3.01. The van der Waals surface area contributed by atoms with Gasteiger partial charge in [0.15, 0.2) is 0 Å². The largest absolute Gasteiger partial charge is 0.465 e. The maximum atomic E-state index is 12.6. The number of benzene rings is 1. The zero-order valence-electron chi connectivity index (χ0n) is 22.0. The Morgan fingerprint density at radius 2 is 1.77 bits per heavy atom. The molecule has 8 heteroatoms. The van der Waals surface area contributed by atoms with Crippen LogP contribution in [0.3, 0.4) is 0 Å².